The minimum absolute atomic E-state index is 0.204. The maximum atomic E-state index is 12.5. The fraction of sp³-hybridized carbons (Fsp3) is 0.375. The van der Waals surface area contributed by atoms with E-state index in [1.54, 1.807) is 23.2 Å². The molecule has 0 unspecified atom stereocenters. The molecule has 0 aliphatic heterocycles. The lowest BCUT2D eigenvalue weighted by Crippen LogP contribution is -2.38. The van der Waals surface area contributed by atoms with Gasteiger partial charge < -0.3 is 9.13 Å². The Morgan fingerprint density at radius 1 is 0.690 bits per heavy atom. The van der Waals surface area contributed by atoms with Crippen LogP contribution >= 0.6 is 0 Å². The highest BCUT2D eigenvalue weighted by molar-refractivity contribution is 5.70. The van der Waals surface area contributed by atoms with Crippen molar-refractivity contribution in [3.05, 3.63) is 54.3 Å². The first-order chi connectivity index (χ1) is 13.7. The van der Waals surface area contributed by atoms with Crippen molar-refractivity contribution in [1.82, 2.24) is 42.7 Å². The summed E-state index contributed by atoms with van der Waals surface area (Å²) in [5.74, 6) is 0. The van der Waals surface area contributed by atoms with E-state index in [1.165, 1.54) is 35.9 Å². The van der Waals surface area contributed by atoms with Gasteiger partial charge in [-0.3, -0.25) is 33.2 Å². The molecular weight excluding hydrogens is 382 g/mol. The summed E-state index contributed by atoms with van der Waals surface area (Å²) < 4.78 is 7.83. The van der Waals surface area contributed by atoms with Gasteiger partial charge in [-0.05, 0) is 0 Å². The molecule has 0 atom stereocenters. The molecule has 4 aromatic heterocycles. The second-order valence-electron chi connectivity index (χ2n) is 6.75. The van der Waals surface area contributed by atoms with Crippen LogP contribution in [0.2, 0.25) is 0 Å². The van der Waals surface area contributed by atoms with Crippen LogP contribution in [-0.2, 0) is 41.5 Å². The quantitative estimate of drug-likeness (QED) is 0.396. The van der Waals surface area contributed by atoms with Crippen LogP contribution in [0.4, 0.5) is 0 Å². The molecule has 0 aliphatic carbocycles. The van der Waals surface area contributed by atoms with Gasteiger partial charge in [0.1, 0.15) is 0 Å². The third-order valence-electron chi connectivity index (χ3n) is 5.00. The van der Waals surface area contributed by atoms with Gasteiger partial charge in [0.25, 0.3) is 11.1 Å². The van der Waals surface area contributed by atoms with E-state index >= 15 is 0 Å². The van der Waals surface area contributed by atoms with Crippen LogP contribution in [0.1, 0.15) is 0 Å². The number of nitrogens with zero attached hydrogens (tertiary/aromatic N) is 8. The van der Waals surface area contributed by atoms with E-state index in [0.717, 1.165) is 9.13 Å². The Morgan fingerprint density at radius 2 is 1.07 bits per heavy atom. The highest BCUT2D eigenvalue weighted by Crippen LogP contribution is 2.06. The lowest BCUT2D eigenvalue weighted by Gasteiger charge is -2.10. The fourth-order valence-corrected chi connectivity index (χ4v) is 3.32. The first-order valence-corrected chi connectivity index (χ1v) is 8.66. The molecule has 4 heterocycles. The molecule has 13 nitrogen and oxygen atoms in total. The minimum atomic E-state index is -0.452. The molecule has 152 valence electrons. The van der Waals surface area contributed by atoms with Gasteiger partial charge >= 0.3 is 11.4 Å². The van der Waals surface area contributed by atoms with Crippen LogP contribution in [0.3, 0.4) is 0 Å². The molecule has 13 heteroatoms. The van der Waals surface area contributed by atoms with E-state index < -0.39 is 22.5 Å². The van der Waals surface area contributed by atoms with Crippen LogP contribution in [0.15, 0.2) is 31.8 Å². The zero-order valence-corrected chi connectivity index (χ0v) is 16.3. The van der Waals surface area contributed by atoms with Crippen molar-refractivity contribution in [2.45, 2.75) is 13.3 Å². The van der Waals surface area contributed by atoms with Crippen LogP contribution in [0.25, 0.3) is 22.3 Å². The van der Waals surface area contributed by atoms with Gasteiger partial charge in [-0.25, -0.2) is 19.6 Å². The molecule has 4 rings (SSSR count). The van der Waals surface area contributed by atoms with E-state index in [0.29, 0.717) is 0 Å². The summed E-state index contributed by atoms with van der Waals surface area (Å²) in [6, 6.07) is 0. The van der Waals surface area contributed by atoms with Gasteiger partial charge in [0.05, 0.1) is 26.0 Å². The standard InChI is InChI=1S/C16H19N9O4/c1-20-11-9(13(26)22(3)15(20)28)24(7-18-11)5-17-6-25-8-19-12-10(25)14(27)23(4)16(29)21(12)2/h7-8,17H,5-6H2,1-4H3. The fourth-order valence-electron chi connectivity index (χ4n) is 3.32. The lowest BCUT2D eigenvalue weighted by atomic mass is 10.5. The number of hydrogen-bond donors (Lipinski definition) is 1. The van der Waals surface area contributed by atoms with Gasteiger partial charge in [0.2, 0.25) is 0 Å². The SMILES string of the molecule is Cn1c(=O)c2c(ncn2CNCn2cnc3c2c(=O)n(C)c(=O)n3C)n(C)c1=O. The molecule has 29 heavy (non-hydrogen) atoms. The van der Waals surface area contributed by atoms with Crippen molar-refractivity contribution >= 4 is 22.3 Å². The predicted molar refractivity (Wildman–Crippen MR) is 104 cm³/mol. The zero-order chi connectivity index (χ0) is 21.0. The zero-order valence-electron chi connectivity index (χ0n) is 16.3. The summed E-state index contributed by atoms with van der Waals surface area (Å²) in [7, 11) is 5.91. The Morgan fingerprint density at radius 3 is 1.45 bits per heavy atom. The highest BCUT2D eigenvalue weighted by atomic mass is 16.2. The Balaban J connectivity index is 1.67. The van der Waals surface area contributed by atoms with Crippen LogP contribution in [0.5, 0.6) is 0 Å². The molecule has 0 aromatic carbocycles. The predicted octanol–water partition coefficient (Wildman–Crippen LogP) is -2.61. The number of nitrogens with one attached hydrogen (secondary N) is 1. The summed E-state index contributed by atoms with van der Waals surface area (Å²) in [6.07, 6.45) is 2.93. The van der Waals surface area contributed by atoms with Crippen molar-refractivity contribution < 1.29 is 0 Å². The number of aryl methyl sites for hydroxylation is 2. The molecule has 0 bridgehead atoms. The van der Waals surface area contributed by atoms with Gasteiger partial charge in [0.15, 0.2) is 22.3 Å². The molecule has 0 aliphatic rings. The highest BCUT2D eigenvalue weighted by Gasteiger charge is 2.15. The lowest BCUT2D eigenvalue weighted by molar-refractivity contribution is 0.494. The van der Waals surface area contributed by atoms with Crippen molar-refractivity contribution in [3.63, 3.8) is 0 Å². The summed E-state index contributed by atoms with van der Waals surface area (Å²) in [5.41, 5.74) is -0.640. The summed E-state index contributed by atoms with van der Waals surface area (Å²) >= 11 is 0. The smallest absolute Gasteiger partial charge is 0.311 e. The van der Waals surface area contributed by atoms with E-state index in [2.05, 4.69) is 15.3 Å². The number of aromatic nitrogens is 8. The monoisotopic (exact) mass is 401 g/mol. The largest absolute Gasteiger partial charge is 0.332 e. The summed E-state index contributed by atoms with van der Waals surface area (Å²) in [4.78, 5) is 57.3. The summed E-state index contributed by atoms with van der Waals surface area (Å²) in [6.45, 7) is 0.408. The number of imidazole rings is 2. The first kappa shape index (κ1) is 18.6. The van der Waals surface area contributed by atoms with E-state index in [9.17, 15) is 19.2 Å². The second kappa shape index (κ2) is 6.41. The van der Waals surface area contributed by atoms with E-state index in [1.807, 2.05) is 0 Å². The molecule has 0 spiro atoms. The van der Waals surface area contributed by atoms with E-state index in [4.69, 9.17) is 0 Å². The van der Waals surface area contributed by atoms with Crippen LogP contribution in [0, 0.1) is 0 Å². The molecular formula is C16H19N9O4. The Labute approximate surface area is 161 Å². The maximum absolute atomic E-state index is 12.5. The molecule has 4 aromatic rings. The van der Waals surface area contributed by atoms with Crippen molar-refractivity contribution in [2.24, 2.45) is 28.2 Å². The average Bonchev–Trinajstić information content (AvgIpc) is 3.32. The Kier molecular flexibility index (Phi) is 4.11. The van der Waals surface area contributed by atoms with Gasteiger partial charge in [-0.2, -0.15) is 0 Å². The number of fused-ring (bicyclic) bond motifs is 2. The number of rotatable bonds is 4. The normalized spacial score (nSPS) is 11.7. The Hall–Kier alpha value is -3.74. The van der Waals surface area contributed by atoms with Crippen LogP contribution in [-0.4, -0.2) is 37.4 Å². The molecule has 0 saturated carbocycles. The first-order valence-electron chi connectivity index (χ1n) is 8.66. The third-order valence-corrected chi connectivity index (χ3v) is 5.00. The molecule has 1 N–H and O–H groups in total. The van der Waals surface area contributed by atoms with Gasteiger partial charge in [0, 0.05) is 28.2 Å². The maximum Gasteiger partial charge on any atom is 0.332 e. The van der Waals surface area contributed by atoms with Crippen molar-refractivity contribution in [1.29, 1.82) is 0 Å². The minimum Gasteiger partial charge on any atom is -0.311 e. The molecule has 0 saturated heterocycles. The number of hydrogen-bond acceptors (Lipinski definition) is 7. The van der Waals surface area contributed by atoms with E-state index in [-0.39, 0.29) is 35.7 Å². The molecule has 0 amide bonds. The third kappa shape index (κ3) is 2.58. The van der Waals surface area contributed by atoms with Gasteiger partial charge in [-0.1, -0.05) is 0 Å². The van der Waals surface area contributed by atoms with Crippen molar-refractivity contribution in [2.75, 3.05) is 0 Å². The molecule has 0 fully saturated rings. The molecule has 0 radical (unpaired) electrons. The summed E-state index contributed by atoms with van der Waals surface area (Å²) in [5, 5.41) is 3.11. The average molecular weight is 401 g/mol. The Bertz CT molecular complexity index is 1390. The van der Waals surface area contributed by atoms with Crippen LogP contribution < -0.4 is 27.8 Å². The topological polar surface area (TPSA) is 136 Å². The van der Waals surface area contributed by atoms with Crippen molar-refractivity contribution in [3.8, 4) is 0 Å². The second-order valence-corrected chi connectivity index (χ2v) is 6.75. The van der Waals surface area contributed by atoms with Gasteiger partial charge in [-0.15, -0.1) is 0 Å².